The Kier molecular flexibility index (Phi) is 3.95. The van der Waals surface area contributed by atoms with Crippen LogP contribution in [0.15, 0.2) is 48.5 Å². The summed E-state index contributed by atoms with van der Waals surface area (Å²) in [5, 5.41) is 21.1. The quantitative estimate of drug-likeness (QED) is 0.182. The summed E-state index contributed by atoms with van der Waals surface area (Å²) in [6.45, 7) is 15.1. The Morgan fingerprint density at radius 2 is 1.22 bits per heavy atom. The van der Waals surface area contributed by atoms with Crippen LogP contribution >= 0.6 is 0 Å². The van der Waals surface area contributed by atoms with Crippen LogP contribution in [0.2, 0.25) is 0 Å². The summed E-state index contributed by atoms with van der Waals surface area (Å²) >= 11 is 0. The first-order valence-corrected chi connectivity index (χ1v) is 12.4. The van der Waals surface area contributed by atoms with Crippen LogP contribution in [0, 0.1) is 34.6 Å². The summed E-state index contributed by atoms with van der Waals surface area (Å²) < 4.78 is 0. The Labute approximate surface area is 209 Å². The number of fused-ring (bicyclic) bond motifs is 6. The van der Waals surface area contributed by atoms with Gasteiger partial charge in [-0.25, -0.2) is 0 Å². The molecular weight excluding hydrogens is 440 g/mol. The van der Waals surface area contributed by atoms with E-state index < -0.39 is 0 Å². The Balaban J connectivity index is 2.00. The molecule has 6 aromatic rings. The highest BCUT2D eigenvalue weighted by Crippen LogP contribution is 2.52. The zero-order chi connectivity index (χ0) is 25.2. The third-order valence-corrected chi connectivity index (χ3v) is 8.21. The largest absolute Gasteiger partial charge is 0.507 e. The Hall–Kier alpha value is -4.17. The first kappa shape index (κ1) is 21.1. The molecule has 2 nitrogen and oxygen atoms in total. The normalized spacial score (nSPS) is 12.9. The highest BCUT2D eigenvalue weighted by atomic mass is 16.3. The summed E-state index contributed by atoms with van der Waals surface area (Å²) in [6.07, 6.45) is 0. The van der Waals surface area contributed by atoms with Gasteiger partial charge in [0.05, 0.1) is 5.56 Å². The number of benzene rings is 6. The van der Waals surface area contributed by atoms with Crippen molar-refractivity contribution in [3.63, 3.8) is 0 Å². The molecule has 1 aliphatic carbocycles. The highest BCUT2D eigenvalue weighted by molar-refractivity contribution is 6.41. The van der Waals surface area contributed by atoms with Gasteiger partial charge in [0, 0.05) is 10.9 Å². The summed E-state index contributed by atoms with van der Waals surface area (Å²) in [4.78, 5) is 13.9. The third-order valence-electron chi connectivity index (χ3n) is 8.21. The zero-order valence-corrected chi connectivity index (χ0v) is 21.2. The number of phenolic OH excluding ortho intramolecular Hbond substituents is 1. The standard InChI is InChI=1S/C34H26O2/c1-15-7-9-21-20(6)26-17(3)13-18(4)27-28-19(5)14-25(35)31-33(28)30(29(32(26)27)23(21)11-15)24-12-16(2)8-10-22(24)34(31)36/h7-14,35H,6H2,1-5H3. The van der Waals surface area contributed by atoms with Crippen molar-refractivity contribution < 1.29 is 9.90 Å². The minimum absolute atomic E-state index is 0.0544. The van der Waals surface area contributed by atoms with E-state index in [4.69, 9.17) is 0 Å². The lowest BCUT2D eigenvalue weighted by Gasteiger charge is -2.27. The van der Waals surface area contributed by atoms with E-state index in [2.05, 4.69) is 64.6 Å². The van der Waals surface area contributed by atoms with Gasteiger partial charge in [-0.1, -0.05) is 60.2 Å². The molecule has 0 unspecified atom stereocenters. The number of ketones is 1. The minimum atomic E-state index is -0.110. The fourth-order valence-corrected chi connectivity index (χ4v) is 6.80. The van der Waals surface area contributed by atoms with Crippen molar-refractivity contribution >= 4 is 55.5 Å². The molecule has 6 aromatic carbocycles. The van der Waals surface area contributed by atoms with Gasteiger partial charge < -0.3 is 5.11 Å². The number of aryl methyl sites for hydroxylation is 5. The topological polar surface area (TPSA) is 37.3 Å². The first-order valence-electron chi connectivity index (χ1n) is 12.4. The molecule has 174 valence electrons. The molecule has 0 radical (unpaired) electrons. The second-order valence-electron chi connectivity index (χ2n) is 10.6. The van der Waals surface area contributed by atoms with Gasteiger partial charge in [-0.15, -0.1) is 0 Å². The van der Waals surface area contributed by atoms with E-state index >= 15 is 0 Å². The number of carbonyl (C=O) groups excluding carboxylic acids is 1. The van der Waals surface area contributed by atoms with E-state index in [1.54, 1.807) is 6.07 Å². The van der Waals surface area contributed by atoms with Gasteiger partial charge in [0.1, 0.15) is 5.75 Å². The molecule has 0 atom stereocenters. The van der Waals surface area contributed by atoms with Gasteiger partial charge in [-0.3, -0.25) is 4.79 Å². The lowest BCUT2D eigenvalue weighted by atomic mass is 9.74. The maximum atomic E-state index is 13.9. The van der Waals surface area contributed by atoms with Crippen molar-refractivity contribution in [1.82, 2.24) is 0 Å². The summed E-state index contributed by atoms with van der Waals surface area (Å²) in [6, 6.07) is 16.6. The van der Waals surface area contributed by atoms with Crippen molar-refractivity contribution in [2.45, 2.75) is 34.6 Å². The van der Waals surface area contributed by atoms with Gasteiger partial charge in [0.25, 0.3) is 0 Å². The molecule has 0 aromatic heterocycles. The van der Waals surface area contributed by atoms with Gasteiger partial charge in [-0.05, 0) is 111 Å². The second-order valence-corrected chi connectivity index (χ2v) is 10.6. The summed E-state index contributed by atoms with van der Waals surface area (Å²) in [7, 11) is 0. The van der Waals surface area contributed by atoms with E-state index in [9.17, 15) is 9.90 Å². The molecule has 36 heavy (non-hydrogen) atoms. The lowest BCUT2D eigenvalue weighted by Crippen LogP contribution is -2.13. The number of rotatable bonds is 0. The molecule has 0 bridgehead atoms. The van der Waals surface area contributed by atoms with E-state index in [1.807, 2.05) is 19.1 Å². The van der Waals surface area contributed by atoms with Crippen LogP contribution in [-0.2, 0) is 0 Å². The predicted molar refractivity (Wildman–Crippen MR) is 151 cm³/mol. The lowest BCUT2D eigenvalue weighted by molar-refractivity contribution is 0.103. The minimum Gasteiger partial charge on any atom is -0.507 e. The average Bonchev–Trinajstić information content (AvgIpc) is 2.81. The van der Waals surface area contributed by atoms with Crippen LogP contribution in [0.5, 0.6) is 5.75 Å². The molecule has 0 fully saturated rings. The third kappa shape index (κ3) is 2.39. The highest BCUT2D eigenvalue weighted by Gasteiger charge is 2.33. The Morgan fingerprint density at radius 1 is 0.583 bits per heavy atom. The van der Waals surface area contributed by atoms with Gasteiger partial charge in [0.2, 0.25) is 0 Å². The van der Waals surface area contributed by atoms with Crippen LogP contribution in [-0.4, -0.2) is 10.9 Å². The summed E-state index contributed by atoms with van der Waals surface area (Å²) in [5.41, 5.74) is 8.70. The van der Waals surface area contributed by atoms with E-state index in [-0.39, 0.29) is 11.5 Å². The predicted octanol–water partition coefficient (Wildman–Crippen LogP) is 7.89. The van der Waals surface area contributed by atoms with Gasteiger partial charge in [0.15, 0.2) is 5.78 Å². The Bertz CT molecular complexity index is 2080. The number of hydrogen-bond donors (Lipinski definition) is 1. The zero-order valence-electron chi connectivity index (χ0n) is 21.2. The van der Waals surface area contributed by atoms with E-state index in [0.29, 0.717) is 11.1 Å². The van der Waals surface area contributed by atoms with Crippen molar-refractivity contribution in [3.8, 4) is 16.9 Å². The average molecular weight is 467 g/mol. The number of carbonyl (C=O) groups is 1. The first-order chi connectivity index (χ1) is 17.2. The van der Waals surface area contributed by atoms with Crippen LogP contribution in [0.25, 0.3) is 60.8 Å². The van der Waals surface area contributed by atoms with Gasteiger partial charge >= 0.3 is 0 Å². The van der Waals surface area contributed by atoms with Gasteiger partial charge in [-0.2, -0.15) is 0 Å². The Morgan fingerprint density at radius 3 is 2.00 bits per heavy atom. The van der Waals surface area contributed by atoms with Crippen molar-refractivity contribution in [2.24, 2.45) is 0 Å². The molecule has 0 amide bonds. The van der Waals surface area contributed by atoms with E-state index in [0.717, 1.165) is 59.8 Å². The molecule has 1 aliphatic rings. The number of hydrogen-bond acceptors (Lipinski definition) is 2. The molecular formula is C34H26O2. The number of aromatic hydroxyl groups is 1. The smallest absolute Gasteiger partial charge is 0.198 e. The monoisotopic (exact) mass is 466 g/mol. The van der Waals surface area contributed by atoms with Crippen molar-refractivity contribution in [1.29, 1.82) is 0 Å². The molecule has 0 saturated carbocycles. The fraction of sp³-hybridized carbons (Fsp3) is 0.147. The van der Waals surface area contributed by atoms with Crippen LogP contribution in [0.1, 0.15) is 43.7 Å². The molecule has 7 rings (SSSR count). The van der Waals surface area contributed by atoms with Crippen LogP contribution < -0.4 is 5.22 Å². The van der Waals surface area contributed by atoms with Crippen LogP contribution in [0.4, 0.5) is 0 Å². The number of phenols is 1. The van der Waals surface area contributed by atoms with Crippen molar-refractivity contribution in [3.05, 3.63) is 92.7 Å². The molecule has 1 N–H and O–H groups in total. The maximum absolute atomic E-state index is 13.9. The second kappa shape index (κ2) is 6.73. The fourth-order valence-electron chi connectivity index (χ4n) is 6.80. The molecule has 2 heteroatoms. The van der Waals surface area contributed by atoms with E-state index in [1.165, 1.54) is 27.5 Å². The van der Waals surface area contributed by atoms with Crippen LogP contribution in [0.3, 0.4) is 0 Å². The molecule has 0 heterocycles. The SMILES string of the molecule is C=c1c2ccc(C)cc2c2c3c4c(c(O)cc(C)c4c4c(C)cc(C)c1c24)C(=O)c1ccc(C)cc1-3. The molecule has 0 saturated heterocycles. The molecule has 0 spiro atoms. The maximum Gasteiger partial charge on any atom is 0.198 e. The van der Waals surface area contributed by atoms with Crippen molar-refractivity contribution in [2.75, 3.05) is 0 Å². The summed E-state index contributed by atoms with van der Waals surface area (Å²) in [5.74, 6) is -0.0556. The molecule has 0 aliphatic heterocycles.